The van der Waals surface area contributed by atoms with Gasteiger partial charge in [-0.15, -0.1) is 0 Å². The molecule has 4 nitrogen and oxygen atoms in total. The first kappa shape index (κ1) is 12.8. The summed E-state index contributed by atoms with van der Waals surface area (Å²) in [4.78, 5) is 0. The number of anilines is 2. The van der Waals surface area contributed by atoms with Crippen LogP contribution in [0, 0.1) is 13.8 Å². The third-order valence-corrected chi connectivity index (χ3v) is 2.78. The lowest BCUT2D eigenvalue weighted by Crippen LogP contribution is -2.39. The molecule has 0 aromatic heterocycles. The summed E-state index contributed by atoms with van der Waals surface area (Å²) < 4.78 is 0. The normalized spacial score (nSPS) is 15.1. The molecule has 1 aromatic carbocycles. The SMILES string of the molecule is C1CNCCN1.Cc1ccc(N)c(N)c1C. The van der Waals surface area contributed by atoms with E-state index in [-0.39, 0.29) is 0 Å². The number of benzene rings is 1. The predicted octanol–water partition coefficient (Wildman–Crippen LogP) is 0.647. The van der Waals surface area contributed by atoms with Gasteiger partial charge in [0.15, 0.2) is 0 Å². The largest absolute Gasteiger partial charge is 0.397 e. The van der Waals surface area contributed by atoms with Gasteiger partial charge in [0.1, 0.15) is 0 Å². The van der Waals surface area contributed by atoms with Gasteiger partial charge < -0.3 is 22.1 Å². The van der Waals surface area contributed by atoms with Crippen molar-refractivity contribution in [3.8, 4) is 0 Å². The summed E-state index contributed by atoms with van der Waals surface area (Å²) in [6.07, 6.45) is 0. The van der Waals surface area contributed by atoms with Gasteiger partial charge in [0.05, 0.1) is 11.4 Å². The summed E-state index contributed by atoms with van der Waals surface area (Å²) in [5.41, 5.74) is 14.9. The van der Waals surface area contributed by atoms with Crippen LogP contribution in [0.1, 0.15) is 11.1 Å². The number of rotatable bonds is 0. The molecule has 1 aliphatic heterocycles. The van der Waals surface area contributed by atoms with Gasteiger partial charge in [-0.05, 0) is 31.0 Å². The maximum atomic E-state index is 5.66. The molecular formula is C12H22N4. The van der Waals surface area contributed by atoms with E-state index in [1.807, 2.05) is 26.0 Å². The highest BCUT2D eigenvalue weighted by Gasteiger charge is 1.99. The standard InChI is InChI=1S/C8H12N2.C4H10N2/c1-5-3-4-7(9)8(10)6(5)2;1-2-6-4-3-5-1/h3-4H,9-10H2,1-2H3;5-6H,1-4H2. The van der Waals surface area contributed by atoms with Crippen molar-refractivity contribution in [3.05, 3.63) is 23.3 Å². The van der Waals surface area contributed by atoms with Gasteiger partial charge in [-0.3, -0.25) is 0 Å². The van der Waals surface area contributed by atoms with Gasteiger partial charge >= 0.3 is 0 Å². The quantitative estimate of drug-likeness (QED) is 0.486. The zero-order valence-electron chi connectivity index (χ0n) is 10.1. The van der Waals surface area contributed by atoms with Crippen LogP contribution in [0.25, 0.3) is 0 Å². The molecule has 0 amide bonds. The molecule has 1 aliphatic rings. The molecule has 0 bridgehead atoms. The van der Waals surface area contributed by atoms with Crippen LogP contribution in [0.2, 0.25) is 0 Å². The number of hydrogen-bond donors (Lipinski definition) is 4. The molecular weight excluding hydrogens is 200 g/mol. The van der Waals surface area contributed by atoms with Crippen LogP contribution in [-0.4, -0.2) is 26.2 Å². The Morgan fingerprint density at radius 1 is 0.938 bits per heavy atom. The lowest BCUT2D eigenvalue weighted by molar-refractivity contribution is 0.534. The van der Waals surface area contributed by atoms with E-state index in [9.17, 15) is 0 Å². The van der Waals surface area contributed by atoms with Gasteiger partial charge in [-0.25, -0.2) is 0 Å². The second kappa shape index (κ2) is 6.35. The number of nitrogen functional groups attached to an aromatic ring is 2. The molecule has 6 N–H and O–H groups in total. The number of nitrogens with one attached hydrogen (secondary N) is 2. The Hall–Kier alpha value is -1.26. The Labute approximate surface area is 97.4 Å². The molecule has 16 heavy (non-hydrogen) atoms. The summed E-state index contributed by atoms with van der Waals surface area (Å²) in [6, 6.07) is 3.80. The predicted molar refractivity (Wildman–Crippen MR) is 70.5 cm³/mol. The van der Waals surface area contributed by atoms with E-state index in [2.05, 4.69) is 10.6 Å². The maximum Gasteiger partial charge on any atom is 0.0580 e. The fraction of sp³-hybridized carbons (Fsp3) is 0.500. The average Bonchev–Trinajstić information content (AvgIpc) is 2.35. The molecule has 1 saturated heterocycles. The summed E-state index contributed by atoms with van der Waals surface area (Å²) >= 11 is 0. The molecule has 0 unspecified atom stereocenters. The Morgan fingerprint density at radius 3 is 1.81 bits per heavy atom. The summed E-state index contributed by atoms with van der Waals surface area (Å²) in [6.45, 7) is 8.55. The minimum Gasteiger partial charge on any atom is -0.397 e. The second-order valence-corrected chi connectivity index (χ2v) is 4.01. The topological polar surface area (TPSA) is 76.1 Å². The van der Waals surface area contributed by atoms with Crippen LogP contribution in [0.3, 0.4) is 0 Å². The molecule has 0 spiro atoms. The van der Waals surface area contributed by atoms with Gasteiger partial charge in [-0.1, -0.05) is 6.07 Å². The second-order valence-electron chi connectivity index (χ2n) is 4.01. The minimum atomic E-state index is 0.670. The van der Waals surface area contributed by atoms with Crippen molar-refractivity contribution >= 4 is 11.4 Å². The highest BCUT2D eigenvalue weighted by Crippen LogP contribution is 2.21. The maximum absolute atomic E-state index is 5.66. The molecule has 2 rings (SSSR count). The fourth-order valence-electron chi connectivity index (χ4n) is 1.46. The zero-order valence-corrected chi connectivity index (χ0v) is 10.1. The van der Waals surface area contributed by atoms with Crippen molar-refractivity contribution < 1.29 is 0 Å². The highest BCUT2D eigenvalue weighted by molar-refractivity contribution is 5.68. The van der Waals surface area contributed by atoms with Crippen LogP contribution < -0.4 is 22.1 Å². The summed E-state index contributed by atoms with van der Waals surface area (Å²) in [5, 5.41) is 6.44. The first-order valence-electron chi connectivity index (χ1n) is 5.65. The molecule has 1 fully saturated rings. The third kappa shape index (κ3) is 3.72. The van der Waals surface area contributed by atoms with Crippen molar-refractivity contribution in [1.29, 1.82) is 0 Å². The van der Waals surface area contributed by atoms with E-state index >= 15 is 0 Å². The van der Waals surface area contributed by atoms with Crippen molar-refractivity contribution in [1.82, 2.24) is 10.6 Å². The third-order valence-electron chi connectivity index (χ3n) is 2.78. The smallest absolute Gasteiger partial charge is 0.0580 e. The van der Waals surface area contributed by atoms with Crippen molar-refractivity contribution in [2.24, 2.45) is 0 Å². The summed E-state index contributed by atoms with van der Waals surface area (Å²) in [7, 11) is 0. The van der Waals surface area contributed by atoms with E-state index in [0.29, 0.717) is 11.4 Å². The fourth-order valence-corrected chi connectivity index (χ4v) is 1.46. The molecule has 0 aliphatic carbocycles. The van der Waals surface area contributed by atoms with Crippen LogP contribution in [0.4, 0.5) is 11.4 Å². The monoisotopic (exact) mass is 222 g/mol. The van der Waals surface area contributed by atoms with Crippen LogP contribution in [0.15, 0.2) is 12.1 Å². The van der Waals surface area contributed by atoms with E-state index in [1.165, 1.54) is 5.56 Å². The van der Waals surface area contributed by atoms with Gasteiger partial charge in [0.25, 0.3) is 0 Å². The van der Waals surface area contributed by atoms with Crippen LogP contribution in [-0.2, 0) is 0 Å². The lowest BCUT2D eigenvalue weighted by atomic mass is 10.1. The van der Waals surface area contributed by atoms with Gasteiger partial charge in [0, 0.05) is 26.2 Å². The van der Waals surface area contributed by atoms with Crippen molar-refractivity contribution in [3.63, 3.8) is 0 Å². The van der Waals surface area contributed by atoms with Crippen molar-refractivity contribution in [2.45, 2.75) is 13.8 Å². The number of aryl methyl sites for hydroxylation is 1. The van der Waals surface area contributed by atoms with Gasteiger partial charge in [-0.2, -0.15) is 0 Å². The number of hydrogen-bond acceptors (Lipinski definition) is 4. The first-order valence-corrected chi connectivity index (χ1v) is 5.65. The number of nitrogens with two attached hydrogens (primary N) is 2. The molecule has 0 atom stereocenters. The minimum absolute atomic E-state index is 0.670. The van der Waals surface area contributed by atoms with Crippen LogP contribution in [0.5, 0.6) is 0 Å². The Morgan fingerprint density at radius 2 is 1.44 bits per heavy atom. The summed E-state index contributed by atoms with van der Waals surface area (Å²) in [5.74, 6) is 0. The highest BCUT2D eigenvalue weighted by atomic mass is 15.0. The molecule has 4 heteroatoms. The van der Waals surface area contributed by atoms with Crippen molar-refractivity contribution in [2.75, 3.05) is 37.6 Å². The molecule has 0 radical (unpaired) electrons. The van der Waals surface area contributed by atoms with E-state index in [0.717, 1.165) is 31.7 Å². The van der Waals surface area contributed by atoms with E-state index in [4.69, 9.17) is 11.5 Å². The average molecular weight is 222 g/mol. The molecule has 1 heterocycles. The lowest BCUT2D eigenvalue weighted by Gasteiger charge is -2.11. The Balaban J connectivity index is 0.000000181. The van der Waals surface area contributed by atoms with Crippen LogP contribution >= 0.6 is 0 Å². The Kier molecular flexibility index (Phi) is 5.08. The van der Waals surface area contributed by atoms with E-state index in [1.54, 1.807) is 0 Å². The first-order chi connectivity index (χ1) is 7.63. The Bertz CT molecular complexity index is 294. The number of piperazine rings is 1. The molecule has 90 valence electrons. The van der Waals surface area contributed by atoms with E-state index < -0.39 is 0 Å². The van der Waals surface area contributed by atoms with Gasteiger partial charge in [0.2, 0.25) is 0 Å². The molecule has 1 aromatic rings. The molecule has 0 saturated carbocycles. The zero-order chi connectivity index (χ0) is 12.0.